The summed E-state index contributed by atoms with van der Waals surface area (Å²) in [5.41, 5.74) is 0.929. The number of aliphatic hydroxyl groups is 3. The Morgan fingerprint density at radius 3 is 2.80 bits per heavy atom. The van der Waals surface area contributed by atoms with Crippen molar-refractivity contribution in [2.24, 2.45) is 0 Å². The highest BCUT2D eigenvalue weighted by molar-refractivity contribution is 5.82. The summed E-state index contributed by atoms with van der Waals surface area (Å²) in [5.74, 6) is 1.25. The lowest BCUT2D eigenvalue weighted by Gasteiger charge is -2.16. The lowest BCUT2D eigenvalue weighted by Crippen LogP contribution is -2.33. The van der Waals surface area contributed by atoms with Gasteiger partial charge < -0.3 is 29.8 Å². The van der Waals surface area contributed by atoms with Gasteiger partial charge in [-0.15, -0.1) is 0 Å². The van der Waals surface area contributed by atoms with Gasteiger partial charge >= 0.3 is 0 Å². The fraction of sp³-hybridized carbons (Fsp3) is 0.400. The number of ether oxygens (including phenoxy) is 1. The van der Waals surface area contributed by atoms with Gasteiger partial charge in [0.2, 0.25) is 0 Å². The van der Waals surface area contributed by atoms with Crippen LogP contribution < -0.4 is 5.32 Å². The first-order valence-electron chi connectivity index (χ1n) is 7.75. The van der Waals surface area contributed by atoms with Crippen molar-refractivity contribution in [3.05, 3.63) is 36.8 Å². The number of nitrogens with one attached hydrogen (secondary N) is 1. The van der Waals surface area contributed by atoms with E-state index in [2.05, 4.69) is 20.3 Å². The fourth-order valence-electron chi connectivity index (χ4n) is 2.86. The lowest BCUT2D eigenvalue weighted by atomic mass is 10.1. The molecule has 3 aromatic heterocycles. The van der Waals surface area contributed by atoms with Crippen LogP contribution in [0.3, 0.4) is 0 Å². The van der Waals surface area contributed by atoms with Gasteiger partial charge in [0.25, 0.3) is 0 Å². The largest absolute Gasteiger partial charge is 0.467 e. The Morgan fingerprint density at radius 1 is 1.20 bits per heavy atom. The predicted octanol–water partition coefficient (Wildman–Crippen LogP) is -0.357. The van der Waals surface area contributed by atoms with E-state index in [1.165, 1.54) is 17.2 Å². The normalized spacial score (nSPS) is 26.4. The van der Waals surface area contributed by atoms with Crippen molar-refractivity contribution in [2.75, 3.05) is 11.9 Å². The Hall–Kier alpha value is -2.53. The average Bonchev–Trinajstić information content (AvgIpc) is 3.34. The van der Waals surface area contributed by atoms with Gasteiger partial charge in [-0.3, -0.25) is 4.57 Å². The van der Waals surface area contributed by atoms with Gasteiger partial charge in [-0.05, 0) is 12.1 Å². The van der Waals surface area contributed by atoms with Crippen LogP contribution in [0.2, 0.25) is 0 Å². The van der Waals surface area contributed by atoms with Crippen molar-refractivity contribution in [3.8, 4) is 0 Å². The summed E-state index contributed by atoms with van der Waals surface area (Å²) in [5, 5.41) is 32.4. The average molecular weight is 347 g/mol. The van der Waals surface area contributed by atoms with Crippen molar-refractivity contribution in [1.82, 2.24) is 19.5 Å². The van der Waals surface area contributed by atoms with E-state index in [4.69, 9.17) is 9.15 Å². The summed E-state index contributed by atoms with van der Waals surface area (Å²) in [6.07, 6.45) is 0.253. The van der Waals surface area contributed by atoms with E-state index in [0.717, 1.165) is 5.76 Å². The van der Waals surface area contributed by atoms with E-state index in [0.29, 0.717) is 23.5 Å². The van der Waals surface area contributed by atoms with Gasteiger partial charge in [0.1, 0.15) is 30.4 Å². The first-order valence-corrected chi connectivity index (χ1v) is 7.75. The number of rotatable bonds is 5. The molecule has 1 saturated heterocycles. The number of aromatic nitrogens is 4. The second kappa shape index (κ2) is 6.41. The molecule has 2 unspecified atom stereocenters. The minimum absolute atomic E-state index is 0.397. The maximum absolute atomic E-state index is 10.2. The first kappa shape index (κ1) is 16.0. The Balaban J connectivity index is 1.63. The quantitative estimate of drug-likeness (QED) is 0.487. The molecule has 4 heterocycles. The van der Waals surface area contributed by atoms with E-state index >= 15 is 0 Å². The molecule has 0 aromatic carbocycles. The minimum atomic E-state index is -1.20. The van der Waals surface area contributed by atoms with E-state index in [1.54, 1.807) is 12.3 Å². The highest BCUT2D eigenvalue weighted by Gasteiger charge is 2.44. The number of nitrogens with zero attached hydrogens (tertiary/aromatic N) is 4. The summed E-state index contributed by atoms with van der Waals surface area (Å²) < 4.78 is 12.3. The number of anilines is 1. The minimum Gasteiger partial charge on any atom is -0.467 e. The van der Waals surface area contributed by atoms with Crippen molar-refractivity contribution < 1.29 is 24.5 Å². The number of hydrogen-bond acceptors (Lipinski definition) is 9. The smallest absolute Gasteiger partial charge is 0.167 e. The van der Waals surface area contributed by atoms with Crippen molar-refractivity contribution in [1.29, 1.82) is 0 Å². The molecule has 1 aliphatic heterocycles. The van der Waals surface area contributed by atoms with Crippen LogP contribution in [0.5, 0.6) is 0 Å². The Labute approximate surface area is 141 Å². The van der Waals surface area contributed by atoms with Crippen LogP contribution >= 0.6 is 0 Å². The highest BCUT2D eigenvalue weighted by Crippen LogP contribution is 2.32. The van der Waals surface area contributed by atoms with Crippen molar-refractivity contribution in [3.63, 3.8) is 0 Å². The first-order chi connectivity index (χ1) is 12.2. The molecule has 132 valence electrons. The Kier molecular flexibility index (Phi) is 4.09. The molecule has 3 aromatic rings. The maximum atomic E-state index is 10.2. The monoisotopic (exact) mass is 347 g/mol. The van der Waals surface area contributed by atoms with Crippen LogP contribution in [0.25, 0.3) is 11.2 Å². The summed E-state index contributed by atoms with van der Waals surface area (Å²) in [7, 11) is 0. The van der Waals surface area contributed by atoms with Gasteiger partial charge in [-0.2, -0.15) is 0 Å². The van der Waals surface area contributed by atoms with Gasteiger partial charge in [0.05, 0.1) is 25.7 Å². The molecule has 4 atom stereocenters. The molecule has 10 nitrogen and oxygen atoms in total. The van der Waals surface area contributed by atoms with Crippen LogP contribution in [-0.2, 0) is 11.3 Å². The number of hydrogen-bond donors (Lipinski definition) is 4. The van der Waals surface area contributed by atoms with Crippen LogP contribution in [-0.4, -0.2) is 59.8 Å². The molecule has 1 fully saturated rings. The molecule has 10 heteroatoms. The van der Waals surface area contributed by atoms with Crippen molar-refractivity contribution in [2.45, 2.75) is 31.1 Å². The fourth-order valence-corrected chi connectivity index (χ4v) is 2.86. The topological polar surface area (TPSA) is 139 Å². The molecule has 0 radical (unpaired) electrons. The summed E-state index contributed by atoms with van der Waals surface area (Å²) >= 11 is 0. The van der Waals surface area contributed by atoms with E-state index in [1.807, 2.05) is 6.07 Å². The van der Waals surface area contributed by atoms with Gasteiger partial charge in [0, 0.05) is 0 Å². The SMILES string of the molecule is OC[C@H]1OC(n2cnc3c(NCc4ccco4)ncnc32)C(O)[C@H]1O. The standard InChI is InChI=1S/C15H17N5O5/c21-5-9-11(22)12(23)15(25-9)20-7-19-10-13(17-6-18-14(10)20)16-4-8-2-1-3-24-8/h1-3,6-7,9,11-12,15,21-23H,4-5H2,(H,16,17,18)/t9-,11+,12?,15?/m1/s1. The third-order valence-electron chi connectivity index (χ3n) is 4.16. The molecule has 4 N–H and O–H groups in total. The summed E-state index contributed by atoms with van der Waals surface area (Å²) in [4.78, 5) is 12.7. The molecule has 0 saturated carbocycles. The molecule has 4 rings (SSSR count). The van der Waals surface area contributed by atoms with Crippen molar-refractivity contribution >= 4 is 17.0 Å². The molecule has 0 spiro atoms. The summed E-state index contributed by atoms with van der Waals surface area (Å²) in [6, 6.07) is 3.63. The predicted molar refractivity (Wildman–Crippen MR) is 84.4 cm³/mol. The zero-order valence-corrected chi connectivity index (χ0v) is 13.1. The second-order valence-electron chi connectivity index (χ2n) is 5.71. The molecule has 25 heavy (non-hydrogen) atoms. The number of aliphatic hydroxyl groups excluding tert-OH is 3. The van der Waals surface area contributed by atoms with Crippen LogP contribution in [0.4, 0.5) is 5.82 Å². The molecule has 1 aliphatic rings. The highest BCUT2D eigenvalue weighted by atomic mass is 16.6. The van der Waals surface area contributed by atoms with Gasteiger partial charge in [-0.1, -0.05) is 0 Å². The van der Waals surface area contributed by atoms with E-state index in [9.17, 15) is 15.3 Å². The van der Waals surface area contributed by atoms with Crippen LogP contribution in [0.1, 0.15) is 12.0 Å². The van der Waals surface area contributed by atoms with Gasteiger partial charge in [0.15, 0.2) is 23.2 Å². The Morgan fingerprint density at radius 2 is 2.08 bits per heavy atom. The molecular formula is C15H17N5O5. The zero-order chi connectivity index (χ0) is 17.4. The number of fused-ring (bicyclic) bond motifs is 1. The van der Waals surface area contributed by atoms with Gasteiger partial charge in [-0.25, -0.2) is 15.0 Å². The molecular weight excluding hydrogens is 330 g/mol. The third-order valence-corrected chi connectivity index (χ3v) is 4.16. The van der Waals surface area contributed by atoms with Crippen LogP contribution in [0, 0.1) is 0 Å². The molecule has 0 amide bonds. The summed E-state index contributed by atoms with van der Waals surface area (Å²) in [6.45, 7) is 0.0338. The molecule has 0 aliphatic carbocycles. The maximum Gasteiger partial charge on any atom is 0.167 e. The zero-order valence-electron chi connectivity index (χ0n) is 13.1. The lowest BCUT2D eigenvalue weighted by molar-refractivity contribution is -0.0511. The third kappa shape index (κ3) is 2.74. The van der Waals surface area contributed by atoms with E-state index in [-0.39, 0.29) is 0 Å². The van der Waals surface area contributed by atoms with Crippen LogP contribution in [0.15, 0.2) is 35.5 Å². The Bertz CT molecular complexity index is 851. The molecule has 0 bridgehead atoms. The van der Waals surface area contributed by atoms with E-state index < -0.39 is 31.1 Å². The number of furan rings is 1. The second-order valence-corrected chi connectivity index (χ2v) is 5.71. The number of imidazole rings is 1.